The molecule has 2 atom stereocenters. The van der Waals surface area contributed by atoms with Gasteiger partial charge in [-0.15, -0.1) is 0 Å². The topological polar surface area (TPSA) is 83.6 Å². The third-order valence-corrected chi connectivity index (χ3v) is 1.99. The van der Waals surface area contributed by atoms with Crippen LogP contribution in [0.4, 0.5) is 0 Å². The van der Waals surface area contributed by atoms with E-state index in [4.69, 9.17) is 10.2 Å². The van der Waals surface area contributed by atoms with Crippen molar-refractivity contribution in [3.05, 3.63) is 10.1 Å². The first-order valence-corrected chi connectivity index (χ1v) is 3.40. The molecule has 0 spiro atoms. The molecule has 0 amide bonds. The first kappa shape index (κ1) is 10.3. The van der Waals surface area contributed by atoms with Gasteiger partial charge >= 0.3 is 6.23 Å². The van der Waals surface area contributed by atoms with Crippen LogP contribution in [-0.2, 0) is 0 Å². The molecule has 66 valence electrons. The Bertz CT molecular complexity index is 144. The van der Waals surface area contributed by atoms with Crippen LogP contribution in [0.2, 0.25) is 0 Å². The second-order valence-corrected chi connectivity index (χ2v) is 2.82. The average molecular weight is 163 g/mol. The Balaban J connectivity index is 4.36. The standard InChI is InChI=1S/C6H13NO4/c1-3-6(2,4-8)5(9)7(10)11/h5,8-9H,3-4H2,1-2H3. The van der Waals surface area contributed by atoms with Crippen molar-refractivity contribution in [3.8, 4) is 0 Å². The predicted molar refractivity (Wildman–Crippen MR) is 38.5 cm³/mol. The van der Waals surface area contributed by atoms with Crippen LogP contribution in [0.1, 0.15) is 20.3 Å². The van der Waals surface area contributed by atoms with Crippen molar-refractivity contribution in [1.29, 1.82) is 0 Å². The molecule has 0 aromatic heterocycles. The van der Waals surface area contributed by atoms with Gasteiger partial charge in [-0.1, -0.05) is 6.92 Å². The molecule has 0 rings (SSSR count). The van der Waals surface area contributed by atoms with Gasteiger partial charge in [0.05, 0.1) is 16.9 Å². The van der Waals surface area contributed by atoms with E-state index >= 15 is 0 Å². The fourth-order valence-corrected chi connectivity index (χ4v) is 0.631. The summed E-state index contributed by atoms with van der Waals surface area (Å²) in [6, 6.07) is 0. The Labute approximate surface area is 64.8 Å². The van der Waals surface area contributed by atoms with E-state index in [1.807, 2.05) is 0 Å². The minimum atomic E-state index is -1.68. The van der Waals surface area contributed by atoms with Crippen LogP contribution in [0, 0.1) is 15.5 Å². The first-order chi connectivity index (χ1) is 4.98. The summed E-state index contributed by atoms with van der Waals surface area (Å²) in [5.74, 6) is 0. The zero-order valence-corrected chi connectivity index (χ0v) is 6.65. The van der Waals surface area contributed by atoms with Gasteiger partial charge in [0.1, 0.15) is 0 Å². The van der Waals surface area contributed by atoms with Crippen LogP contribution >= 0.6 is 0 Å². The summed E-state index contributed by atoms with van der Waals surface area (Å²) in [5, 5.41) is 27.8. The van der Waals surface area contributed by atoms with E-state index in [-0.39, 0.29) is 6.61 Å². The molecule has 0 radical (unpaired) electrons. The quantitative estimate of drug-likeness (QED) is 0.347. The van der Waals surface area contributed by atoms with Crippen molar-refractivity contribution < 1.29 is 15.1 Å². The number of nitrogens with zero attached hydrogens (tertiary/aromatic N) is 1. The second-order valence-electron chi connectivity index (χ2n) is 2.82. The normalized spacial score (nSPS) is 18.9. The lowest BCUT2D eigenvalue weighted by Gasteiger charge is -2.24. The Morgan fingerprint density at radius 2 is 2.18 bits per heavy atom. The Kier molecular flexibility index (Phi) is 3.41. The summed E-state index contributed by atoms with van der Waals surface area (Å²) in [4.78, 5) is 9.32. The van der Waals surface area contributed by atoms with E-state index in [0.717, 1.165) is 0 Å². The SMILES string of the molecule is CCC(C)(CO)C(O)[N+](=O)[O-]. The van der Waals surface area contributed by atoms with Gasteiger partial charge in [-0.25, -0.2) is 0 Å². The third kappa shape index (κ3) is 2.13. The highest BCUT2D eigenvalue weighted by Crippen LogP contribution is 2.24. The highest BCUT2D eigenvalue weighted by atomic mass is 16.7. The maximum Gasteiger partial charge on any atom is 0.320 e. The lowest BCUT2D eigenvalue weighted by Crippen LogP contribution is -2.40. The first-order valence-electron chi connectivity index (χ1n) is 3.40. The van der Waals surface area contributed by atoms with Crippen LogP contribution in [0.15, 0.2) is 0 Å². The van der Waals surface area contributed by atoms with Gasteiger partial charge in [0.25, 0.3) is 0 Å². The van der Waals surface area contributed by atoms with E-state index < -0.39 is 16.6 Å². The molecule has 0 aromatic carbocycles. The molecule has 0 bridgehead atoms. The fourth-order valence-electron chi connectivity index (χ4n) is 0.631. The molecular formula is C6H13NO4. The van der Waals surface area contributed by atoms with Crippen molar-refractivity contribution >= 4 is 0 Å². The number of rotatable bonds is 4. The molecule has 0 saturated heterocycles. The lowest BCUT2D eigenvalue weighted by atomic mass is 9.87. The molecule has 5 heteroatoms. The van der Waals surface area contributed by atoms with E-state index in [0.29, 0.717) is 6.42 Å². The molecule has 0 aliphatic rings. The molecule has 0 fully saturated rings. The van der Waals surface area contributed by atoms with Crippen LogP contribution in [0.25, 0.3) is 0 Å². The van der Waals surface area contributed by atoms with Gasteiger partial charge in [-0.2, -0.15) is 0 Å². The fraction of sp³-hybridized carbons (Fsp3) is 1.00. The van der Waals surface area contributed by atoms with Gasteiger partial charge in [-0.3, -0.25) is 10.1 Å². The molecular weight excluding hydrogens is 150 g/mol. The van der Waals surface area contributed by atoms with Gasteiger partial charge in [0, 0.05) is 0 Å². The zero-order chi connectivity index (χ0) is 9.07. The smallest absolute Gasteiger partial charge is 0.320 e. The third-order valence-electron chi connectivity index (χ3n) is 1.99. The van der Waals surface area contributed by atoms with Crippen LogP contribution in [0.3, 0.4) is 0 Å². The number of aliphatic hydroxyl groups excluding tert-OH is 2. The largest absolute Gasteiger partial charge is 0.395 e. The van der Waals surface area contributed by atoms with Gasteiger partial charge in [0.2, 0.25) is 0 Å². The van der Waals surface area contributed by atoms with Gasteiger partial charge in [0.15, 0.2) is 0 Å². The molecule has 0 aliphatic heterocycles. The van der Waals surface area contributed by atoms with Crippen LogP contribution < -0.4 is 0 Å². The summed E-state index contributed by atoms with van der Waals surface area (Å²) in [6.07, 6.45) is -1.32. The Hall–Kier alpha value is -0.680. The molecule has 0 aliphatic carbocycles. The maximum absolute atomic E-state index is 10.1. The Morgan fingerprint density at radius 3 is 2.27 bits per heavy atom. The van der Waals surface area contributed by atoms with Crippen molar-refractivity contribution in [1.82, 2.24) is 0 Å². The minimum Gasteiger partial charge on any atom is -0.395 e. The average Bonchev–Trinajstić information content (AvgIpc) is 2.01. The molecule has 2 unspecified atom stereocenters. The van der Waals surface area contributed by atoms with Crippen molar-refractivity contribution in [2.24, 2.45) is 5.41 Å². The molecule has 0 heterocycles. The van der Waals surface area contributed by atoms with Crippen molar-refractivity contribution in [2.75, 3.05) is 6.61 Å². The van der Waals surface area contributed by atoms with E-state index in [9.17, 15) is 10.1 Å². The van der Waals surface area contributed by atoms with Gasteiger partial charge < -0.3 is 10.2 Å². The summed E-state index contributed by atoms with van der Waals surface area (Å²) in [6.45, 7) is 2.77. The Morgan fingerprint density at radius 1 is 1.73 bits per heavy atom. The highest BCUT2D eigenvalue weighted by Gasteiger charge is 2.39. The number of hydrogen-bond donors (Lipinski definition) is 2. The van der Waals surface area contributed by atoms with Crippen molar-refractivity contribution in [2.45, 2.75) is 26.5 Å². The number of aliphatic hydroxyl groups is 2. The second kappa shape index (κ2) is 3.64. The van der Waals surface area contributed by atoms with E-state index in [1.54, 1.807) is 6.92 Å². The summed E-state index contributed by atoms with van der Waals surface area (Å²) >= 11 is 0. The molecule has 5 nitrogen and oxygen atoms in total. The monoisotopic (exact) mass is 163 g/mol. The number of nitro groups is 1. The molecule has 0 aromatic rings. The summed E-state index contributed by atoms with van der Waals surface area (Å²) < 4.78 is 0. The van der Waals surface area contributed by atoms with E-state index in [1.165, 1.54) is 6.92 Å². The zero-order valence-electron chi connectivity index (χ0n) is 6.65. The van der Waals surface area contributed by atoms with Crippen molar-refractivity contribution in [3.63, 3.8) is 0 Å². The molecule has 0 saturated carbocycles. The summed E-state index contributed by atoms with van der Waals surface area (Å²) in [7, 11) is 0. The van der Waals surface area contributed by atoms with Gasteiger partial charge in [-0.05, 0) is 13.3 Å². The summed E-state index contributed by atoms with van der Waals surface area (Å²) in [5.41, 5.74) is -1.02. The minimum absolute atomic E-state index is 0.367. The van der Waals surface area contributed by atoms with E-state index in [2.05, 4.69) is 0 Å². The maximum atomic E-state index is 10.1. The lowest BCUT2D eigenvalue weighted by molar-refractivity contribution is -0.592. The highest BCUT2D eigenvalue weighted by molar-refractivity contribution is 4.73. The van der Waals surface area contributed by atoms with Crippen LogP contribution in [0.5, 0.6) is 0 Å². The van der Waals surface area contributed by atoms with Crippen LogP contribution in [-0.4, -0.2) is 28.0 Å². The molecule has 2 N–H and O–H groups in total. The number of hydrogen-bond acceptors (Lipinski definition) is 4. The molecule has 11 heavy (non-hydrogen) atoms. The predicted octanol–water partition coefficient (Wildman–Crippen LogP) is -0.00990.